The van der Waals surface area contributed by atoms with Crippen molar-refractivity contribution in [3.8, 4) is 0 Å². The lowest BCUT2D eigenvalue weighted by Crippen LogP contribution is -2.52. The van der Waals surface area contributed by atoms with Crippen LogP contribution in [0.2, 0.25) is 0 Å². The van der Waals surface area contributed by atoms with Gasteiger partial charge in [0.15, 0.2) is 5.82 Å². The van der Waals surface area contributed by atoms with E-state index >= 15 is 0 Å². The third-order valence-electron chi connectivity index (χ3n) is 5.67. The molecule has 1 amide bonds. The van der Waals surface area contributed by atoms with Crippen molar-refractivity contribution in [1.29, 1.82) is 0 Å². The average molecular weight is 397 g/mol. The van der Waals surface area contributed by atoms with Gasteiger partial charge in [0.25, 0.3) is 5.91 Å². The van der Waals surface area contributed by atoms with Crippen LogP contribution in [0.5, 0.6) is 0 Å². The summed E-state index contributed by atoms with van der Waals surface area (Å²) in [6.07, 6.45) is 2.45. The average Bonchev–Trinajstić information content (AvgIpc) is 3.23. The van der Waals surface area contributed by atoms with Crippen LogP contribution in [0.15, 0.2) is 17.5 Å². The number of amides is 1. The number of rotatable bonds is 4. The van der Waals surface area contributed by atoms with Crippen LogP contribution in [0, 0.1) is 6.92 Å². The number of nitrogens with one attached hydrogen (secondary N) is 3. The number of hydrogen-bond donors (Lipinski definition) is 3. The van der Waals surface area contributed by atoms with E-state index in [4.69, 9.17) is 4.98 Å². The molecule has 0 spiro atoms. The van der Waals surface area contributed by atoms with Crippen molar-refractivity contribution in [2.75, 3.05) is 25.0 Å². The molecule has 3 N–H and O–H groups in total. The van der Waals surface area contributed by atoms with Gasteiger partial charge in [0, 0.05) is 53.4 Å². The van der Waals surface area contributed by atoms with Crippen LogP contribution in [0.1, 0.15) is 47.4 Å². The third-order valence-corrected chi connectivity index (χ3v) is 6.70. The Bertz CT molecular complexity index is 1040. The molecule has 1 atom stereocenters. The van der Waals surface area contributed by atoms with Crippen molar-refractivity contribution in [2.45, 2.75) is 38.6 Å². The van der Waals surface area contributed by atoms with Crippen molar-refractivity contribution in [2.24, 2.45) is 0 Å². The Morgan fingerprint density at radius 2 is 2.25 bits per heavy atom. The van der Waals surface area contributed by atoms with Crippen LogP contribution in [-0.4, -0.2) is 51.7 Å². The molecule has 2 fully saturated rings. The fourth-order valence-electron chi connectivity index (χ4n) is 3.86. The normalized spacial score (nSPS) is 19.9. The molecule has 2 aliphatic rings. The second-order valence-electron chi connectivity index (χ2n) is 7.76. The smallest absolute Gasteiger partial charge is 0.273 e. The molecule has 1 saturated carbocycles. The molecule has 5 rings (SSSR count). The van der Waals surface area contributed by atoms with E-state index in [1.807, 2.05) is 17.2 Å². The Hall–Kier alpha value is -2.45. The second-order valence-corrected chi connectivity index (χ2v) is 8.67. The van der Waals surface area contributed by atoms with Gasteiger partial charge in [0.1, 0.15) is 11.5 Å². The number of hydrogen-bond acceptors (Lipinski definition) is 6. The molecular formula is C20H24N6OS. The van der Waals surface area contributed by atoms with E-state index in [2.05, 4.69) is 39.9 Å². The van der Waals surface area contributed by atoms with E-state index < -0.39 is 0 Å². The number of H-pyrrole nitrogens is 1. The third kappa shape index (κ3) is 3.06. The number of piperazine rings is 1. The zero-order valence-corrected chi connectivity index (χ0v) is 16.9. The van der Waals surface area contributed by atoms with Gasteiger partial charge >= 0.3 is 0 Å². The molecular weight excluding hydrogens is 372 g/mol. The Labute approximate surface area is 167 Å². The fourth-order valence-corrected chi connectivity index (χ4v) is 4.76. The van der Waals surface area contributed by atoms with Crippen molar-refractivity contribution in [1.82, 2.24) is 25.4 Å². The first-order valence-electron chi connectivity index (χ1n) is 9.83. The van der Waals surface area contributed by atoms with Crippen LogP contribution in [0.3, 0.4) is 0 Å². The summed E-state index contributed by atoms with van der Waals surface area (Å²) in [6.45, 7) is 6.41. The molecule has 4 heterocycles. The summed E-state index contributed by atoms with van der Waals surface area (Å²) in [7, 11) is 0. The maximum Gasteiger partial charge on any atom is 0.273 e. The lowest BCUT2D eigenvalue weighted by molar-refractivity contribution is 0.0649. The minimum absolute atomic E-state index is 0.00514. The van der Waals surface area contributed by atoms with Gasteiger partial charge in [-0.2, -0.15) is 5.10 Å². The molecule has 0 radical (unpaired) electrons. The number of carbonyl (C=O) groups excluding carboxylic acids is 1. The number of carbonyl (C=O) groups is 1. The predicted molar refractivity (Wildman–Crippen MR) is 112 cm³/mol. The Morgan fingerprint density at radius 3 is 3.04 bits per heavy atom. The van der Waals surface area contributed by atoms with Gasteiger partial charge < -0.3 is 15.5 Å². The summed E-state index contributed by atoms with van der Waals surface area (Å²) in [4.78, 5) is 20.0. The van der Waals surface area contributed by atoms with E-state index in [1.54, 1.807) is 11.3 Å². The first-order chi connectivity index (χ1) is 13.6. The molecule has 0 bridgehead atoms. The van der Waals surface area contributed by atoms with Crippen LogP contribution in [0.25, 0.3) is 10.1 Å². The van der Waals surface area contributed by atoms with E-state index in [1.165, 1.54) is 18.5 Å². The van der Waals surface area contributed by atoms with Gasteiger partial charge in [0.05, 0.1) is 0 Å². The maximum atomic E-state index is 13.3. The summed E-state index contributed by atoms with van der Waals surface area (Å²) < 4.78 is 1.10. The van der Waals surface area contributed by atoms with Crippen molar-refractivity contribution in [3.63, 3.8) is 0 Å². The number of aryl methyl sites for hydroxylation is 1. The summed E-state index contributed by atoms with van der Waals surface area (Å²) in [5.41, 5.74) is 2.65. The number of thiophene rings is 1. The fraction of sp³-hybridized carbons (Fsp3) is 0.450. The van der Waals surface area contributed by atoms with Gasteiger partial charge in [-0.25, -0.2) is 4.98 Å². The van der Waals surface area contributed by atoms with Gasteiger partial charge in [0.2, 0.25) is 0 Å². The zero-order chi connectivity index (χ0) is 19.3. The number of aromatic amines is 1. The number of aromatic nitrogens is 3. The summed E-state index contributed by atoms with van der Waals surface area (Å²) in [5, 5.41) is 17.3. The molecule has 8 heteroatoms. The molecule has 146 valence electrons. The molecule has 7 nitrogen and oxygen atoms in total. The van der Waals surface area contributed by atoms with Crippen LogP contribution >= 0.6 is 11.3 Å². The highest BCUT2D eigenvalue weighted by molar-refractivity contribution is 7.17. The van der Waals surface area contributed by atoms with E-state index in [-0.39, 0.29) is 11.9 Å². The second kappa shape index (κ2) is 6.86. The first kappa shape index (κ1) is 17.6. The van der Waals surface area contributed by atoms with Crippen LogP contribution < -0.4 is 10.6 Å². The van der Waals surface area contributed by atoms with E-state index in [9.17, 15) is 4.79 Å². The molecule has 1 aliphatic carbocycles. The van der Waals surface area contributed by atoms with Crippen molar-refractivity contribution < 1.29 is 4.79 Å². The minimum atomic E-state index is 0.00514. The zero-order valence-electron chi connectivity index (χ0n) is 16.1. The van der Waals surface area contributed by atoms with Gasteiger partial charge in [-0.05, 0) is 43.7 Å². The Kier molecular flexibility index (Phi) is 4.32. The lowest BCUT2D eigenvalue weighted by atomic mass is 10.1. The number of nitrogens with zero attached hydrogens (tertiary/aromatic N) is 3. The molecule has 0 unspecified atom stereocenters. The van der Waals surface area contributed by atoms with Crippen molar-refractivity contribution >= 4 is 39.0 Å². The van der Waals surface area contributed by atoms with Crippen LogP contribution in [-0.2, 0) is 0 Å². The summed E-state index contributed by atoms with van der Waals surface area (Å²) in [6, 6.07) is 4.26. The number of anilines is 2. The molecule has 3 aromatic rings. The summed E-state index contributed by atoms with van der Waals surface area (Å²) in [5.74, 6) is 2.06. The highest BCUT2D eigenvalue weighted by atomic mass is 32.1. The number of pyridine rings is 1. The Morgan fingerprint density at radius 1 is 1.39 bits per heavy atom. The molecule has 1 saturated heterocycles. The predicted octanol–water partition coefficient (Wildman–Crippen LogP) is 3.38. The molecule has 28 heavy (non-hydrogen) atoms. The topological polar surface area (TPSA) is 85.9 Å². The van der Waals surface area contributed by atoms with Crippen molar-refractivity contribution in [3.05, 3.63) is 34.5 Å². The van der Waals surface area contributed by atoms with Gasteiger partial charge in [-0.3, -0.25) is 9.89 Å². The molecule has 1 aliphatic heterocycles. The lowest BCUT2D eigenvalue weighted by Gasteiger charge is -2.34. The van der Waals surface area contributed by atoms with E-state index in [0.717, 1.165) is 34.6 Å². The van der Waals surface area contributed by atoms with Gasteiger partial charge in [-0.1, -0.05) is 0 Å². The SMILES string of the molecule is Cc1c(C(=O)N2CCNC[C@H]2C)nc(Nc2cc(C3CC3)[nH]n2)c2ccsc12. The highest BCUT2D eigenvalue weighted by Crippen LogP contribution is 2.40. The Balaban J connectivity index is 1.52. The molecule has 3 aromatic heterocycles. The van der Waals surface area contributed by atoms with Crippen LogP contribution in [0.4, 0.5) is 11.6 Å². The van der Waals surface area contributed by atoms with E-state index in [0.29, 0.717) is 24.0 Å². The largest absolute Gasteiger partial charge is 0.332 e. The monoisotopic (exact) mass is 396 g/mol. The number of fused-ring (bicyclic) bond motifs is 1. The highest BCUT2D eigenvalue weighted by Gasteiger charge is 2.28. The minimum Gasteiger partial charge on any atom is -0.332 e. The molecule has 0 aromatic carbocycles. The quantitative estimate of drug-likeness (QED) is 0.629. The standard InChI is InChI=1S/C20H24N6OS/c1-11-10-21-6-7-26(11)20(27)17-12(2)18-14(5-8-28-18)19(23-17)22-16-9-15(24-25-16)13-3-4-13/h5,8-9,11,13,21H,3-4,6-7,10H2,1-2H3,(H2,22,23,24,25)/t11-/m1/s1. The summed E-state index contributed by atoms with van der Waals surface area (Å²) >= 11 is 1.65. The van der Waals surface area contributed by atoms with Gasteiger partial charge in [-0.15, -0.1) is 11.3 Å². The maximum absolute atomic E-state index is 13.3. The first-order valence-corrected chi connectivity index (χ1v) is 10.7.